The first kappa shape index (κ1) is 7.81. The number of nitrogens with zero attached hydrogens (tertiary/aromatic N) is 2. The van der Waals surface area contributed by atoms with Crippen LogP contribution in [0.1, 0.15) is 0 Å². The van der Waals surface area contributed by atoms with E-state index in [1.807, 2.05) is 6.07 Å². The van der Waals surface area contributed by atoms with Crippen molar-refractivity contribution in [2.45, 2.75) is 0 Å². The minimum Gasteiger partial charge on any atom is -0.250 e. The number of hydrogen-bond acceptors (Lipinski definition) is 2. The number of fused-ring (bicyclic) bond motifs is 1. The highest BCUT2D eigenvalue weighted by Gasteiger charge is 1.93. The highest BCUT2D eigenvalue weighted by molar-refractivity contribution is 5.85. The van der Waals surface area contributed by atoms with Gasteiger partial charge in [-0.2, -0.15) is 5.10 Å². The van der Waals surface area contributed by atoms with E-state index in [2.05, 4.69) is 10.2 Å². The lowest BCUT2D eigenvalue weighted by molar-refractivity contribution is 1.02. The third kappa shape index (κ3) is 1.12. The molecule has 0 atom stereocenters. The fourth-order valence-electron chi connectivity index (χ4n) is 0.856. The molecule has 0 unspecified atom stereocenters. The zero-order valence-electron chi connectivity index (χ0n) is 5.52. The van der Waals surface area contributed by atoms with Gasteiger partial charge in [-0.1, -0.05) is 6.07 Å². The average molecular weight is 172 g/mol. The minimum absolute atomic E-state index is 0. The Bertz CT molecular complexity index is 405. The standard InChI is InChI=1S/C6H5N3O.ClH/c10-6-8-7-5-3-1-2-4-9(5)6;/h1-4H,(H,8,10);1H. The SMILES string of the molecule is Cl.O=c1[nH]nc2ccccn12. The Morgan fingerprint density at radius 2 is 2.27 bits per heavy atom. The molecule has 0 saturated heterocycles. The van der Waals surface area contributed by atoms with E-state index in [4.69, 9.17) is 0 Å². The van der Waals surface area contributed by atoms with Gasteiger partial charge in [0.1, 0.15) is 0 Å². The largest absolute Gasteiger partial charge is 0.347 e. The first-order valence-corrected chi connectivity index (χ1v) is 2.90. The summed E-state index contributed by atoms with van der Waals surface area (Å²) in [7, 11) is 0. The molecule has 0 amide bonds. The summed E-state index contributed by atoms with van der Waals surface area (Å²) in [5.74, 6) is 0. The molecule has 58 valence electrons. The highest BCUT2D eigenvalue weighted by Crippen LogP contribution is 1.90. The van der Waals surface area contributed by atoms with E-state index in [1.54, 1.807) is 18.3 Å². The molecule has 0 aromatic carbocycles. The van der Waals surface area contributed by atoms with Crippen LogP contribution in [-0.2, 0) is 0 Å². The predicted octanol–water partition coefficient (Wildman–Crippen LogP) is 0.444. The fraction of sp³-hybridized carbons (Fsp3) is 0. The van der Waals surface area contributed by atoms with Gasteiger partial charge in [-0.05, 0) is 12.1 Å². The second kappa shape index (κ2) is 2.75. The number of hydrogen-bond donors (Lipinski definition) is 1. The molecular formula is C6H6ClN3O. The van der Waals surface area contributed by atoms with E-state index >= 15 is 0 Å². The molecule has 2 aromatic heterocycles. The molecular weight excluding hydrogens is 166 g/mol. The molecule has 0 aliphatic rings. The number of pyridine rings is 1. The average Bonchev–Trinajstić information content (AvgIpc) is 2.34. The molecule has 2 heterocycles. The van der Waals surface area contributed by atoms with Gasteiger partial charge in [0.25, 0.3) is 0 Å². The third-order valence-corrected chi connectivity index (χ3v) is 1.32. The zero-order chi connectivity index (χ0) is 6.97. The van der Waals surface area contributed by atoms with Crippen molar-refractivity contribution in [3.8, 4) is 0 Å². The number of halogens is 1. The lowest BCUT2D eigenvalue weighted by atomic mass is 10.5. The molecule has 0 saturated carbocycles. The van der Waals surface area contributed by atoms with Crippen LogP contribution in [0.25, 0.3) is 5.65 Å². The predicted molar refractivity (Wildman–Crippen MR) is 43.1 cm³/mol. The van der Waals surface area contributed by atoms with Gasteiger partial charge in [-0.3, -0.25) is 4.40 Å². The van der Waals surface area contributed by atoms with Gasteiger partial charge in [0.2, 0.25) is 0 Å². The second-order valence-electron chi connectivity index (χ2n) is 1.96. The van der Waals surface area contributed by atoms with Crippen LogP contribution in [0.4, 0.5) is 0 Å². The van der Waals surface area contributed by atoms with Crippen molar-refractivity contribution in [1.29, 1.82) is 0 Å². The Hall–Kier alpha value is -1.29. The van der Waals surface area contributed by atoms with E-state index in [9.17, 15) is 4.79 Å². The van der Waals surface area contributed by atoms with E-state index < -0.39 is 0 Å². The van der Waals surface area contributed by atoms with Crippen LogP contribution in [-0.4, -0.2) is 14.6 Å². The van der Waals surface area contributed by atoms with Crippen LogP contribution in [0.3, 0.4) is 0 Å². The smallest absolute Gasteiger partial charge is 0.250 e. The Morgan fingerprint density at radius 1 is 1.45 bits per heavy atom. The monoisotopic (exact) mass is 171 g/mol. The lowest BCUT2D eigenvalue weighted by Gasteiger charge is -1.84. The molecule has 5 heteroatoms. The quantitative estimate of drug-likeness (QED) is 0.626. The maximum Gasteiger partial charge on any atom is 0.347 e. The third-order valence-electron chi connectivity index (χ3n) is 1.32. The number of nitrogens with one attached hydrogen (secondary N) is 1. The maximum atomic E-state index is 10.8. The summed E-state index contributed by atoms with van der Waals surface area (Å²) in [5.41, 5.74) is 0.447. The van der Waals surface area contributed by atoms with Crippen molar-refractivity contribution >= 4 is 18.1 Å². The zero-order valence-corrected chi connectivity index (χ0v) is 6.34. The Labute approximate surface area is 68.3 Å². The molecule has 2 rings (SSSR count). The van der Waals surface area contributed by atoms with E-state index in [0.717, 1.165) is 0 Å². The van der Waals surface area contributed by atoms with E-state index in [0.29, 0.717) is 5.65 Å². The molecule has 0 bridgehead atoms. The summed E-state index contributed by atoms with van der Waals surface area (Å²) >= 11 is 0. The minimum atomic E-state index is -0.199. The van der Waals surface area contributed by atoms with Gasteiger partial charge < -0.3 is 0 Å². The Balaban J connectivity index is 0.000000605. The number of aromatic nitrogens is 3. The topological polar surface area (TPSA) is 50.2 Å². The van der Waals surface area contributed by atoms with Crippen LogP contribution in [0.15, 0.2) is 29.2 Å². The molecule has 0 radical (unpaired) electrons. The molecule has 0 aliphatic carbocycles. The van der Waals surface area contributed by atoms with Crippen molar-refractivity contribution in [2.75, 3.05) is 0 Å². The summed E-state index contributed by atoms with van der Waals surface area (Å²) in [5, 5.41) is 6.08. The van der Waals surface area contributed by atoms with E-state index in [-0.39, 0.29) is 18.1 Å². The first-order valence-electron chi connectivity index (χ1n) is 2.90. The summed E-state index contributed by atoms with van der Waals surface area (Å²) in [6.07, 6.45) is 1.67. The molecule has 11 heavy (non-hydrogen) atoms. The summed E-state index contributed by atoms with van der Waals surface area (Å²) in [6.45, 7) is 0. The van der Waals surface area contributed by atoms with E-state index in [1.165, 1.54) is 4.40 Å². The van der Waals surface area contributed by atoms with Crippen molar-refractivity contribution in [3.63, 3.8) is 0 Å². The van der Waals surface area contributed by atoms with Gasteiger partial charge in [-0.25, -0.2) is 9.89 Å². The summed E-state index contributed by atoms with van der Waals surface area (Å²) < 4.78 is 1.44. The van der Waals surface area contributed by atoms with Crippen LogP contribution < -0.4 is 5.69 Å². The van der Waals surface area contributed by atoms with Crippen molar-refractivity contribution < 1.29 is 0 Å². The van der Waals surface area contributed by atoms with Gasteiger partial charge in [0.05, 0.1) is 0 Å². The van der Waals surface area contributed by atoms with Crippen LogP contribution in [0, 0.1) is 0 Å². The van der Waals surface area contributed by atoms with Crippen molar-refractivity contribution in [1.82, 2.24) is 14.6 Å². The number of aromatic amines is 1. The van der Waals surface area contributed by atoms with Gasteiger partial charge in [0.15, 0.2) is 5.65 Å². The summed E-state index contributed by atoms with van der Waals surface area (Å²) in [4.78, 5) is 10.8. The van der Waals surface area contributed by atoms with Crippen LogP contribution in [0.5, 0.6) is 0 Å². The molecule has 0 spiro atoms. The molecule has 4 nitrogen and oxygen atoms in total. The van der Waals surface area contributed by atoms with Gasteiger partial charge in [-0.15, -0.1) is 12.4 Å². The molecule has 0 fully saturated rings. The molecule has 0 aliphatic heterocycles. The van der Waals surface area contributed by atoms with Crippen LogP contribution >= 0.6 is 12.4 Å². The number of H-pyrrole nitrogens is 1. The number of rotatable bonds is 0. The lowest BCUT2D eigenvalue weighted by Crippen LogP contribution is -2.07. The second-order valence-corrected chi connectivity index (χ2v) is 1.96. The fourth-order valence-corrected chi connectivity index (χ4v) is 0.856. The van der Waals surface area contributed by atoms with Crippen LogP contribution in [0.2, 0.25) is 0 Å². The summed E-state index contributed by atoms with van der Waals surface area (Å²) in [6, 6.07) is 5.37. The Kier molecular flexibility index (Phi) is 1.96. The molecule has 2 aromatic rings. The maximum absolute atomic E-state index is 10.8. The highest BCUT2D eigenvalue weighted by atomic mass is 35.5. The molecule has 1 N–H and O–H groups in total. The first-order chi connectivity index (χ1) is 4.88. The Morgan fingerprint density at radius 3 is 3.00 bits per heavy atom. The van der Waals surface area contributed by atoms with Crippen molar-refractivity contribution in [3.05, 3.63) is 34.9 Å². The van der Waals surface area contributed by atoms with Gasteiger partial charge in [0, 0.05) is 6.20 Å². The van der Waals surface area contributed by atoms with Crippen molar-refractivity contribution in [2.24, 2.45) is 0 Å². The normalized spacial score (nSPS) is 9.45. The van der Waals surface area contributed by atoms with Gasteiger partial charge >= 0.3 is 5.69 Å².